The molecule has 0 spiro atoms. The molecule has 10 nitrogen and oxygen atoms in total. The van der Waals surface area contributed by atoms with Gasteiger partial charge in [-0.1, -0.05) is 126 Å². The third-order valence-corrected chi connectivity index (χ3v) is 7.81. The van der Waals surface area contributed by atoms with Gasteiger partial charge in [0.1, 0.15) is 24.4 Å². The number of aliphatic hydroxyl groups is 4. The number of unbranched alkanes of at least 4 members (excludes halogenated alkanes) is 12. The fraction of sp³-hybridized carbons (Fsp3) is 0.806. The molecule has 0 unspecified atom stereocenters. The van der Waals surface area contributed by atoms with Crippen LogP contribution in [0.25, 0.3) is 10.4 Å². The van der Waals surface area contributed by atoms with E-state index in [1.807, 2.05) is 30.3 Å². The van der Waals surface area contributed by atoms with Crippen LogP contribution in [0, 0.1) is 0 Å². The first-order valence-corrected chi connectivity index (χ1v) is 15.6. The van der Waals surface area contributed by atoms with Crippen LogP contribution in [0.1, 0.15) is 102 Å². The number of hydrogen-bond donors (Lipinski definition) is 4. The third-order valence-electron chi connectivity index (χ3n) is 7.81. The van der Waals surface area contributed by atoms with Crippen LogP contribution >= 0.6 is 0 Å². The second kappa shape index (κ2) is 21.9. The zero-order chi connectivity index (χ0) is 29.7. The quantitative estimate of drug-likeness (QED) is 0.0573. The highest BCUT2D eigenvalue weighted by Crippen LogP contribution is 2.24. The minimum absolute atomic E-state index is 0.120. The van der Waals surface area contributed by atoms with Crippen molar-refractivity contribution in [3.63, 3.8) is 0 Å². The van der Waals surface area contributed by atoms with Gasteiger partial charge in [-0.05, 0) is 17.5 Å². The largest absolute Gasteiger partial charge is 0.394 e. The molecular weight excluding hydrogens is 526 g/mol. The standard InChI is InChI=1S/C31H53N3O7/c1-2-3-4-5-6-7-8-9-10-11-12-13-17-20-26(39-22-24-18-15-14-16-19-24)25(33-34-32)23-40-31-30(38)29(37)28(36)27(21-35)41-31/h14-16,18-19,25-31,35-38H,2-13,17,20-23H2,1H3/t25-,26+,27+,28-,29-,30+,31-/m0/s1. The fourth-order valence-electron chi connectivity index (χ4n) is 5.21. The van der Waals surface area contributed by atoms with Crippen molar-refractivity contribution in [2.45, 2.75) is 146 Å². The van der Waals surface area contributed by atoms with Crippen molar-refractivity contribution in [2.24, 2.45) is 5.11 Å². The van der Waals surface area contributed by atoms with E-state index in [0.717, 1.165) is 24.8 Å². The second-order valence-corrected chi connectivity index (χ2v) is 11.2. The average Bonchev–Trinajstić information content (AvgIpc) is 2.99. The monoisotopic (exact) mass is 579 g/mol. The van der Waals surface area contributed by atoms with Crippen LogP contribution in [0.4, 0.5) is 0 Å². The maximum absolute atomic E-state index is 10.3. The molecule has 1 aromatic carbocycles. The molecule has 1 fully saturated rings. The average molecular weight is 580 g/mol. The Bertz CT molecular complexity index is 825. The number of azide groups is 1. The van der Waals surface area contributed by atoms with E-state index in [9.17, 15) is 26.0 Å². The highest BCUT2D eigenvalue weighted by molar-refractivity contribution is 5.13. The molecule has 0 amide bonds. The van der Waals surface area contributed by atoms with Crippen molar-refractivity contribution in [3.05, 3.63) is 46.3 Å². The van der Waals surface area contributed by atoms with E-state index in [0.29, 0.717) is 13.0 Å². The Labute approximate surface area is 245 Å². The van der Waals surface area contributed by atoms with Gasteiger partial charge < -0.3 is 34.6 Å². The number of hydrogen-bond acceptors (Lipinski definition) is 8. The Balaban J connectivity index is 1.82. The first kappa shape index (κ1) is 35.4. The number of aliphatic hydroxyl groups excluding tert-OH is 4. The van der Waals surface area contributed by atoms with Crippen molar-refractivity contribution in [1.29, 1.82) is 0 Å². The lowest BCUT2D eigenvalue weighted by atomic mass is 9.99. The summed E-state index contributed by atoms with van der Waals surface area (Å²) in [5, 5.41) is 43.8. The van der Waals surface area contributed by atoms with E-state index in [2.05, 4.69) is 16.9 Å². The van der Waals surface area contributed by atoms with E-state index in [-0.39, 0.29) is 6.61 Å². The Kier molecular flexibility index (Phi) is 18.9. The van der Waals surface area contributed by atoms with Crippen LogP contribution in [0.5, 0.6) is 0 Å². The van der Waals surface area contributed by atoms with Crippen LogP contribution < -0.4 is 0 Å². The predicted octanol–water partition coefficient (Wildman–Crippen LogP) is 5.55. The highest BCUT2D eigenvalue weighted by atomic mass is 16.7. The highest BCUT2D eigenvalue weighted by Gasteiger charge is 2.44. The van der Waals surface area contributed by atoms with Crippen LogP contribution in [0.3, 0.4) is 0 Å². The summed E-state index contributed by atoms with van der Waals surface area (Å²) in [6.07, 6.45) is 9.63. The molecule has 0 saturated carbocycles. The van der Waals surface area contributed by atoms with Gasteiger partial charge in [-0.2, -0.15) is 0 Å². The lowest BCUT2D eigenvalue weighted by Gasteiger charge is -2.40. The molecule has 10 heteroatoms. The first-order chi connectivity index (χ1) is 20.0. The maximum atomic E-state index is 10.3. The topological polar surface area (TPSA) is 157 Å². The Hall–Kier alpha value is -1.75. The van der Waals surface area contributed by atoms with Gasteiger partial charge >= 0.3 is 0 Å². The van der Waals surface area contributed by atoms with E-state index < -0.39 is 49.5 Å². The zero-order valence-electron chi connectivity index (χ0n) is 24.8. The Morgan fingerprint density at radius 1 is 0.854 bits per heavy atom. The fourth-order valence-corrected chi connectivity index (χ4v) is 5.21. The van der Waals surface area contributed by atoms with Crippen LogP contribution in [-0.2, 0) is 20.8 Å². The van der Waals surface area contributed by atoms with Crippen LogP contribution in [-0.4, -0.2) is 76.5 Å². The minimum Gasteiger partial charge on any atom is -0.394 e. The molecule has 234 valence electrons. The van der Waals surface area contributed by atoms with Crippen molar-refractivity contribution >= 4 is 0 Å². The summed E-state index contributed by atoms with van der Waals surface area (Å²) >= 11 is 0. The molecule has 1 aliphatic rings. The van der Waals surface area contributed by atoms with E-state index >= 15 is 0 Å². The molecule has 7 atom stereocenters. The van der Waals surface area contributed by atoms with Gasteiger partial charge in [-0.3, -0.25) is 0 Å². The summed E-state index contributed by atoms with van der Waals surface area (Å²) < 4.78 is 17.4. The summed E-state index contributed by atoms with van der Waals surface area (Å²) in [5.41, 5.74) is 10.3. The molecule has 4 N–H and O–H groups in total. The van der Waals surface area contributed by atoms with Crippen LogP contribution in [0.15, 0.2) is 35.4 Å². The van der Waals surface area contributed by atoms with E-state index in [4.69, 9.17) is 14.2 Å². The molecule has 0 aliphatic carbocycles. The Morgan fingerprint density at radius 2 is 1.44 bits per heavy atom. The summed E-state index contributed by atoms with van der Waals surface area (Å²) in [6, 6.07) is 9.05. The molecule has 1 aromatic rings. The van der Waals surface area contributed by atoms with Crippen molar-refractivity contribution in [2.75, 3.05) is 13.2 Å². The summed E-state index contributed by atoms with van der Waals surface area (Å²) in [5.74, 6) is 0. The van der Waals surface area contributed by atoms with Gasteiger partial charge in [0.25, 0.3) is 0 Å². The van der Waals surface area contributed by atoms with Gasteiger partial charge in [-0.25, -0.2) is 0 Å². The number of rotatable bonds is 23. The SMILES string of the molecule is CCCCCCCCCCCCCCC[C@@H](OCc1ccccc1)[C@H](CO[C@H]1O[C@H](CO)[C@H](O)[C@H](O)[C@H]1O)N=[N+]=[N-]. The molecule has 1 saturated heterocycles. The van der Waals surface area contributed by atoms with Crippen LogP contribution in [0.2, 0.25) is 0 Å². The van der Waals surface area contributed by atoms with Gasteiger partial charge in [-0.15, -0.1) is 0 Å². The molecule has 0 aromatic heterocycles. The van der Waals surface area contributed by atoms with Crippen molar-refractivity contribution in [1.82, 2.24) is 0 Å². The molecule has 2 rings (SSSR count). The molecule has 1 heterocycles. The van der Waals surface area contributed by atoms with Crippen molar-refractivity contribution in [3.8, 4) is 0 Å². The second-order valence-electron chi connectivity index (χ2n) is 11.2. The molecular formula is C31H53N3O7. The third kappa shape index (κ3) is 13.8. The van der Waals surface area contributed by atoms with Crippen molar-refractivity contribution < 1.29 is 34.6 Å². The number of ether oxygens (including phenoxy) is 3. The minimum atomic E-state index is -1.54. The summed E-state index contributed by atoms with van der Waals surface area (Å²) in [7, 11) is 0. The van der Waals surface area contributed by atoms with E-state index in [1.165, 1.54) is 64.2 Å². The number of nitrogens with zero attached hydrogens (tertiary/aromatic N) is 3. The normalized spacial score (nSPS) is 24.1. The van der Waals surface area contributed by atoms with Gasteiger partial charge in [0.15, 0.2) is 6.29 Å². The smallest absolute Gasteiger partial charge is 0.186 e. The molecule has 0 radical (unpaired) electrons. The first-order valence-electron chi connectivity index (χ1n) is 15.6. The van der Waals surface area contributed by atoms with Gasteiger partial charge in [0.2, 0.25) is 0 Å². The zero-order valence-corrected chi connectivity index (χ0v) is 24.8. The Morgan fingerprint density at radius 3 is 2.00 bits per heavy atom. The lowest BCUT2D eigenvalue weighted by molar-refractivity contribution is -0.302. The maximum Gasteiger partial charge on any atom is 0.186 e. The van der Waals surface area contributed by atoms with Gasteiger partial charge in [0.05, 0.1) is 32.0 Å². The predicted molar refractivity (Wildman–Crippen MR) is 158 cm³/mol. The lowest BCUT2D eigenvalue weighted by Crippen LogP contribution is -2.59. The number of benzene rings is 1. The molecule has 0 bridgehead atoms. The van der Waals surface area contributed by atoms with E-state index in [1.54, 1.807) is 0 Å². The molecule has 41 heavy (non-hydrogen) atoms. The molecule has 1 aliphatic heterocycles. The van der Waals surface area contributed by atoms with Gasteiger partial charge in [0, 0.05) is 4.91 Å². The summed E-state index contributed by atoms with van der Waals surface area (Å²) in [6.45, 7) is 1.93. The summed E-state index contributed by atoms with van der Waals surface area (Å²) in [4.78, 5) is 3.00.